The lowest BCUT2D eigenvalue weighted by Gasteiger charge is -2.27. The molecule has 184 valence electrons. The van der Waals surface area contributed by atoms with Crippen LogP contribution in [0.25, 0.3) is 11.4 Å². The van der Waals surface area contributed by atoms with Crippen LogP contribution in [0.1, 0.15) is 21.7 Å². The van der Waals surface area contributed by atoms with Gasteiger partial charge in [-0.3, -0.25) is 4.79 Å². The maximum atomic E-state index is 12.7. The Morgan fingerprint density at radius 3 is 2.77 bits per heavy atom. The van der Waals surface area contributed by atoms with Gasteiger partial charge in [0, 0.05) is 17.8 Å². The second-order valence-corrected chi connectivity index (χ2v) is 7.89. The van der Waals surface area contributed by atoms with Gasteiger partial charge in [0.2, 0.25) is 5.82 Å². The van der Waals surface area contributed by atoms with Gasteiger partial charge in [-0.1, -0.05) is 12.1 Å². The van der Waals surface area contributed by atoms with Crippen LogP contribution in [0.15, 0.2) is 36.4 Å². The third-order valence-electron chi connectivity index (χ3n) is 5.28. The molecule has 1 aliphatic rings. The Kier molecular flexibility index (Phi) is 7.63. The van der Waals surface area contributed by atoms with E-state index in [2.05, 4.69) is 30.4 Å². The highest BCUT2D eigenvalue weighted by molar-refractivity contribution is 5.93. The predicted molar refractivity (Wildman–Crippen MR) is 121 cm³/mol. The number of aryl methyl sites for hydroxylation is 1. The molecule has 0 unspecified atom stereocenters. The number of hydrogen-bond acceptors (Lipinski definition) is 10. The molecule has 1 aromatic carbocycles. The minimum Gasteiger partial charge on any atom is -0.497 e. The van der Waals surface area contributed by atoms with Crippen molar-refractivity contribution in [1.29, 1.82) is 0 Å². The quantitative estimate of drug-likeness (QED) is 0.461. The number of carbonyl (C=O) groups excluding carboxylic acids is 2. The fourth-order valence-corrected chi connectivity index (χ4v) is 3.50. The van der Waals surface area contributed by atoms with Crippen molar-refractivity contribution in [2.75, 3.05) is 27.4 Å². The number of nitrogens with zero attached hydrogens (tertiary/aromatic N) is 5. The van der Waals surface area contributed by atoms with Gasteiger partial charge in [-0.2, -0.15) is 4.80 Å². The van der Waals surface area contributed by atoms with Gasteiger partial charge in [0.1, 0.15) is 17.5 Å². The second kappa shape index (κ2) is 11.0. The average Bonchev–Trinajstić information content (AvgIpc) is 3.35. The van der Waals surface area contributed by atoms with E-state index in [1.54, 1.807) is 26.2 Å². The monoisotopic (exact) mass is 482 g/mol. The maximum Gasteiger partial charge on any atom is 0.337 e. The number of nitrogens with one attached hydrogen (secondary N) is 1. The van der Waals surface area contributed by atoms with E-state index in [0.29, 0.717) is 30.2 Å². The summed E-state index contributed by atoms with van der Waals surface area (Å²) in [6, 6.07) is 10.9. The van der Waals surface area contributed by atoms with Gasteiger partial charge in [-0.05, 0) is 42.0 Å². The van der Waals surface area contributed by atoms with Gasteiger partial charge >= 0.3 is 5.97 Å². The number of pyridine rings is 1. The number of carbonyl (C=O) groups is 2. The SMILES string of the molecule is COC(=O)[C@@H]1CO[C@H](Cn2nnc(-c3cc(C)nc(C(=O)NCc4cccc(OC)c4)c3)n2)CO1. The smallest absolute Gasteiger partial charge is 0.337 e. The molecule has 1 fully saturated rings. The summed E-state index contributed by atoms with van der Waals surface area (Å²) in [5.41, 5.74) is 2.41. The minimum absolute atomic E-state index is 0.0939. The molecule has 0 saturated carbocycles. The van der Waals surface area contributed by atoms with Crippen LogP contribution in [0.4, 0.5) is 0 Å². The lowest BCUT2D eigenvalue weighted by Crippen LogP contribution is -2.42. The molecule has 0 radical (unpaired) electrons. The molecule has 4 rings (SSSR count). The summed E-state index contributed by atoms with van der Waals surface area (Å²) in [5, 5.41) is 15.4. The molecule has 35 heavy (non-hydrogen) atoms. The number of esters is 1. The van der Waals surface area contributed by atoms with Crippen molar-refractivity contribution in [2.24, 2.45) is 0 Å². The average molecular weight is 482 g/mol. The molecule has 1 saturated heterocycles. The van der Waals surface area contributed by atoms with Crippen molar-refractivity contribution in [1.82, 2.24) is 30.5 Å². The van der Waals surface area contributed by atoms with Crippen LogP contribution in [0, 0.1) is 6.92 Å². The highest BCUT2D eigenvalue weighted by Gasteiger charge is 2.29. The molecule has 0 aliphatic carbocycles. The number of aromatic nitrogens is 5. The van der Waals surface area contributed by atoms with Gasteiger partial charge in [-0.25, -0.2) is 9.78 Å². The summed E-state index contributed by atoms with van der Waals surface area (Å²) in [4.78, 5) is 30.0. The van der Waals surface area contributed by atoms with Crippen molar-refractivity contribution >= 4 is 11.9 Å². The molecule has 12 heteroatoms. The first-order valence-corrected chi connectivity index (χ1v) is 10.9. The zero-order valence-electron chi connectivity index (χ0n) is 19.6. The van der Waals surface area contributed by atoms with Crippen molar-refractivity contribution in [3.05, 3.63) is 53.3 Å². The number of rotatable bonds is 8. The molecule has 3 aromatic rings. The Morgan fingerprint density at radius 1 is 1.17 bits per heavy atom. The number of amides is 1. The Bertz CT molecular complexity index is 1190. The van der Waals surface area contributed by atoms with Crippen LogP contribution in [0.3, 0.4) is 0 Å². The molecule has 12 nitrogen and oxygen atoms in total. The zero-order chi connectivity index (χ0) is 24.8. The van der Waals surface area contributed by atoms with Crippen LogP contribution >= 0.6 is 0 Å². The standard InChI is InChI=1S/C23H26N6O6/c1-14-7-16(9-19(25-14)22(30)24-10-15-5-4-6-17(8-15)32-2)21-26-28-29(27-21)11-18-12-35-20(13-34-18)23(31)33-3/h4-9,18,20H,10-13H2,1-3H3,(H,24,30)/t18-,20+/m1/s1. The van der Waals surface area contributed by atoms with Gasteiger partial charge in [0.05, 0.1) is 34.0 Å². The normalized spacial score (nSPS) is 17.6. The summed E-state index contributed by atoms with van der Waals surface area (Å²) >= 11 is 0. The summed E-state index contributed by atoms with van der Waals surface area (Å²) in [5.74, 6) is 0.274. The van der Waals surface area contributed by atoms with Crippen molar-refractivity contribution in [3.63, 3.8) is 0 Å². The maximum absolute atomic E-state index is 12.7. The summed E-state index contributed by atoms with van der Waals surface area (Å²) in [7, 11) is 2.89. The largest absolute Gasteiger partial charge is 0.497 e. The fraction of sp³-hybridized carbons (Fsp3) is 0.391. The lowest BCUT2D eigenvalue weighted by molar-refractivity contribution is -0.180. The first kappa shape index (κ1) is 24.2. The van der Waals surface area contributed by atoms with Gasteiger partial charge in [-0.15, -0.1) is 10.2 Å². The van der Waals surface area contributed by atoms with E-state index in [-0.39, 0.29) is 30.9 Å². The first-order chi connectivity index (χ1) is 16.9. The van der Waals surface area contributed by atoms with E-state index in [1.165, 1.54) is 11.9 Å². The van der Waals surface area contributed by atoms with Gasteiger partial charge in [0.15, 0.2) is 6.10 Å². The molecule has 1 aliphatic heterocycles. The summed E-state index contributed by atoms with van der Waals surface area (Å²) in [6.45, 7) is 2.70. The Balaban J connectivity index is 1.39. The van der Waals surface area contributed by atoms with Crippen LogP contribution in [0.2, 0.25) is 0 Å². The highest BCUT2D eigenvalue weighted by atomic mass is 16.6. The van der Waals surface area contributed by atoms with Crippen LogP contribution in [-0.2, 0) is 32.1 Å². The molecule has 1 amide bonds. The van der Waals surface area contributed by atoms with Gasteiger partial charge in [0.25, 0.3) is 5.91 Å². The zero-order valence-corrected chi connectivity index (χ0v) is 19.6. The summed E-state index contributed by atoms with van der Waals surface area (Å²) in [6.07, 6.45) is -1.07. The number of methoxy groups -OCH3 is 2. The predicted octanol–water partition coefficient (Wildman–Crippen LogP) is 0.939. The Morgan fingerprint density at radius 2 is 2.03 bits per heavy atom. The van der Waals surface area contributed by atoms with E-state index in [9.17, 15) is 9.59 Å². The van der Waals surface area contributed by atoms with E-state index >= 15 is 0 Å². The number of benzene rings is 1. The first-order valence-electron chi connectivity index (χ1n) is 10.9. The second-order valence-electron chi connectivity index (χ2n) is 7.89. The van der Waals surface area contributed by atoms with Crippen molar-refractivity contribution < 1.29 is 28.5 Å². The fourth-order valence-electron chi connectivity index (χ4n) is 3.50. The molecular weight excluding hydrogens is 456 g/mol. The van der Waals surface area contributed by atoms with Crippen LogP contribution < -0.4 is 10.1 Å². The number of ether oxygens (including phenoxy) is 4. The lowest BCUT2D eigenvalue weighted by atomic mass is 10.1. The molecular formula is C23H26N6O6. The van der Waals surface area contributed by atoms with E-state index in [0.717, 1.165) is 11.3 Å². The van der Waals surface area contributed by atoms with Crippen molar-refractivity contribution in [3.8, 4) is 17.1 Å². The highest BCUT2D eigenvalue weighted by Crippen LogP contribution is 2.18. The third kappa shape index (κ3) is 6.16. The Hall–Kier alpha value is -3.90. The van der Waals surface area contributed by atoms with Crippen molar-refractivity contribution in [2.45, 2.75) is 32.2 Å². The molecule has 2 aromatic heterocycles. The van der Waals surface area contributed by atoms with E-state index in [1.807, 2.05) is 24.3 Å². The minimum atomic E-state index is -0.733. The van der Waals surface area contributed by atoms with Gasteiger partial charge < -0.3 is 24.3 Å². The molecule has 3 heterocycles. The molecule has 0 bridgehead atoms. The Labute approximate surface area is 201 Å². The molecule has 1 N–H and O–H groups in total. The summed E-state index contributed by atoms with van der Waals surface area (Å²) < 4.78 is 21.0. The molecule has 0 spiro atoms. The number of hydrogen-bond donors (Lipinski definition) is 1. The topological polar surface area (TPSA) is 140 Å². The molecule has 2 atom stereocenters. The van der Waals surface area contributed by atoms with Crippen LogP contribution in [-0.4, -0.2) is 76.7 Å². The number of tetrazole rings is 1. The third-order valence-corrected chi connectivity index (χ3v) is 5.28. The van der Waals surface area contributed by atoms with E-state index in [4.69, 9.17) is 14.2 Å². The van der Waals surface area contributed by atoms with E-state index < -0.39 is 12.1 Å². The van der Waals surface area contributed by atoms with Crippen LogP contribution in [0.5, 0.6) is 5.75 Å².